The summed E-state index contributed by atoms with van der Waals surface area (Å²) in [6.45, 7) is 0.482. The van der Waals surface area contributed by atoms with Gasteiger partial charge in [0.25, 0.3) is 0 Å². The fraction of sp³-hybridized carbons (Fsp3) is 0.133. The number of anilines is 2. The fourth-order valence-corrected chi connectivity index (χ4v) is 1.72. The summed E-state index contributed by atoms with van der Waals surface area (Å²) in [5, 5.41) is 5.49. The Morgan fingerprint density at radius 1 is 1.10 bits per heavy atom. The summed E-state index contributed by atoms with van der Waals surface area (Å²) >= 11 is 0. The third-order valence-electron chi connectivity index (χ3n) is 2.78. The molecular formula is C15H17N3O2. The first-order valence-corrected chi connectivity index (χ1v) is 6.22. The number of carbonyl (C=O) groups is 1. The molecule has 20 heavy (non-hydrogen) atoms. The van der Waals surface area contributed by atoms with Crippen molar-refractivity contribution < 1.29 is 9.53 Å². The smallest absolute Gasteiger partial charge is 0.323 e. The predicted molar refractivity (Wildman–Crippen MR) is 80.0 cm³/mol. The highest BCUT2D eigenvalue weighted by atomic mass is 16.5. The highest BCUT2D eigenvalue weighted by molar-refractivity contribution is 5.99. The van der Waals surface area contributed by atoms with Crippen LogP contribution < -0.4 is 21.1 Å². The summed E-state index contributed by atoms with van der Waals surface area (Å²) in [7, 11) is 1.58. The van der Waals surface area contributed by atoms with Gasteiger partial charge in [0, 0.05) is 24.0 Å². The minimum atomic E-state index is -0.307. The minimum absolute atomic E-state index is 0.307. The molecule has 2 aromatic rings. The SMILES string of the molecule is COc1cccc(NC(=O)Nc2ccc(CN)cc2)c1. The highest BCUT2D eigenvalue weighted by Gasteiger charge is 2.03. The lowest BCUT2D eigenvalue weighted by Gasteiger charge is -2.09. The Morgan fingerprint density at radius 3 is 2.45 bits per heavy atom. The number of hydrogen-bond donors (Lipinski definition) is 3. The van der Waals surface area contributed by atoms with Gasteiger partial charge in [-0.1, -0.05) is 18.2 Å². The number of nitrogens with one attached hydrogen (secondary N) is 2. The molecule has 0 aliphatic heterocycles. The molecule has 104 valence electrons. The molecule has 0 saturated heterocycles. The van der Waals surface area contributed by atoms with Crippen LogP contribution in [0.3, 0.4) is 0 Å². The van der Waals surface area contributed by atoms with Crippen molar-refractivity contribution in [3.63, 3.8) is 0 Å². The molecule has 0 atom stereocenters. The molecular weight excluding hydrogens is 254 g/mol. The summed E-state index contributed by atoms with van der Waals surface area (Å²) < 4.78 is 5.10. The number of urea groups is 1. The molecule has 0 aromatic heterocycles. The van der Waals surface area contributed by atoms with Crippen molar-refractivity contribution in [3.05, 3.63) is 54.1 Å². The van der Waals surface area contributed by atoms with Gasteiger partial charge in [0.15, 0.2) is 0 Å². The fourth-order valence-electron chi connectivity index (χ4n) is 1.72. The maximum atomic E-state index is 11.8. The number of ether oxygens (including phenoxy) is 1. The zero-order valence-electron chi connectivity index (χ0n) is 11.2. The first kappa shape index (κ1) is 13.9. The molecule has 0 radical (unpaired) electrons. The van der Waals surface area contributed by atoms with Crippen molar-refractivity contribution in [1.29, 1.82) is 0 Å². The molecule has 0 bridgehead atoms. The lowest BCUT2D eigenvalue weighted by Crippen LogP contribution is -2.19. The van der Waals surface area contributed by atoms with Gasteiger partial charge >= 0.3 is 6.03 Å². The van der Waals surface area contributed by atoms with Crippen LogP contribution in [-0.2, 0) is 6.54 Å². The van der Waals surface area contributed by atoms with E-state index >= 15 is 0 Å². The Kier molecular flexibility index (Phi) is 4.57. The van der Waals surface area contributed by atoms with Crippen LogP contribution in [0.5, 0.6) is 5.75 Å². The van der Waals surface area contributed by atoms with Crippen molar-refractivity contribution in [1.82, 2.24) is 0 Å². The number of rotatable bonds is 4. The maximum absolute atomic E-state index is 11.8. The predicted octanol–water partition coefficient (Wildman–Crippen LogP) is 2.80. The Bertz CT molecular complexity index is 582. The standard InChI is InChI=1S/C15H17N3O2/c1-20-14-4-2-3-13(9-14)18-15(19)17-12-7-5-11(10-16)6-8-12/h2-9H,10,16H2,1H3,(H2,17,18,19). The van der Waals surface area contributed by atoms with Gasteiger partial charge in [-0.25, -0.2) is 4.79 Å². The van der Waals surface area contributed by atoms with E-state index in [1.165, 1.54) is 0 Å². The molecule has 0 saturated carbocycles. The van der Waals surface area contributed by atoms with Crippen LogP contribution in [0.4, 0.5) is 16.2 Å². The van der Waals surface area contributed by atoms with Crippen LogP contribution in [0.25, 0.3) is 0 Å². The van der Waals surface area contributed by atoms with Crippen LogP contribution in [0.2, 0.25) is 0 Å². The zero-order chi connectivity index (χ0) is 14.4. The second kappa shape index (κ2) is 6.58. The van der Waals surface area contributed by atoms with Crippen molar-refractivity contribution in [2.24, 2.45) is 5.73 Å². The van der Waals surface area contributed by atoms with Crippen molar-refractivity contribution in [2.45, 2.75) is 6.54 Å². The van der Waals surface area contributed by atoms with Crippen molar-refractivity contribution >= 4 is 17.4 Å². The summed E-state index contributed by atoms with van der Waals surface area (Å²) in [6.07, 6.45) is 0. The van der Waals surface area contributed by atoms with E-state index in [0.29, 0.717) is 23.7 Å². The lowest BCUT2D eigenvalue weighted by molar-refractivity contribution is 0.262. The van der Waals surface area contributed by atoms with Gasteiger partial charge < -0.3 is 21.1 Å². The van der Waals surface area contributed by atoms with Crippen LogP contribution >= 0.6 is 0 Å². The first-order chi connectivity index (χ1) is 9.71. The minimum Gasteiger partial charge on any atom is -0.497 e. The topological polar surface area (TPSA) is 76.4 Å². The van der Waals surface area contributed by atoms with Gasteiger partial charge in [-0.3, -0.25) is 0 Å². The monoisotopic (exact) mass is 271 g/mol. The van der Waals surface area contributed by atoms with E-state index in [4.69, 9.17) is 10.5 Å². The number of methoxy groups -OCH3 is 1. The van der Waals surface area contributed by atoms with Gasteiger partial charge in [0.1, 0.15) is 5.75 Å². The number of nitrogens with two attached hydrogens (primary N) is 1. The molecule has 5 heteroatoms. The maximum Gasteiger partial charge on any atom is 0.323 e. The molecule has 2 rings (SSSR count). The van der Waals surface area contributed by atoms with Crippen LogP contribution in [0.1, 0.15) is 5.56 Å². The molecule has 0 heterocycles. The Morgan fingerprint density at radius 2 is 1.80 bits per heavy atom. The normalized spacial score (nSPS) is 9.90. The van der Waals surface area contributed by atoms with E-state index in [1.54, 1.807) is 19.2 Å². The van der Waals surface area contributed by atoms with Gasteiger partial charge in [-0.05, 0) is 29.8 Å². The average Bonchev–Trinajstić information content (AvgIpc) is 2.48. The summed E-state index contributed by atoms with van der Waals surface area (Å²) in [5.74, 6) is 0.690. The lowest BCUT2D eigenvalue weighted by atomic mass is 10.2. The molecule has 0 spiro atoms. The quantitative estimate of drug-likeness (QED) is 0.800. The molecule has 0 fully saturated rings. The van der Waals surface area contributed by atoms with Crippen molar-refractivity contribution in [2.75, 3.05) is 17.7 Å². The van der Waals surface area contributed by atoms with Crippen LogP contribution in [0, 0.1) is 0 Å². The number of carbonyl (C=O) groups excluding carboxylic acids is 1. The van der Waals surface area contributed by atoms with Gasteiger partial charge in [-0.2, -0.15) is 0 Å². The molecule has 2 amide bonds. The average molecular weight is 271 g/mol. The third-order valence-corrected chi connectivity index (χ3v) is 2.78. The van der Waals surface area contributed by atoms with E-state index in [9.17, 15) is 4.79 Å². The molecule has 4 N–H and O–H groups in total. The number of hydrogen-bond acceptors (Lipinski definition) is 3. The largest absolute Gasteiger partial charge is 0.497 e. The van der Waals surface area contributed by atoms with Gasteiger partial charge in [0.05, 0.1) is 7.11 Å². The Balaban J connectivity index is 1.97. The Hall–Kier alpha value is -2.53. The summed E-state index contributed by atoms with van der Waals surface area (Å²) in [4.78, 5) is 11.8. The molecule has 0 unspecified atom stereocenters. The molecule has 5 nitrogen and oxygen atoms in total. The molecule has 0 aliphatic carbocycles. The van der Waals surface area contributed by atoms with Gasteiger partial charge in [-0.15, -0.1) is 0 Å². The van der Waals surface area contributed by atoms with E-state index in [-0.39, 0.29) is 6.03 Å². The zero-order valence-corrected chi connectivity index (χ0v) is 11.2. The second-order valence-electron chi connectivity index (χ2n) is 4.21. The van der Waals surface area contributed by atoms with E-state index in [2.05, 4.69) is 10.6 Å². The van der Waals surface area contributed by atoms with E-state index < -0.39 is 0 Å². The van der Waals surface area contributed by atoms with Crippen LogP contribution in [-0.4, -0.2) is 13.1 Å². The van der Waals surface area contributed by atoms with Crippen molar-refractivity contribution in [3.8, 4) is 5.75 Å². The van der Waals surface area contributed by atoms with E-state index in [1.807, 2.05) is 36.4 Å². The highest BCUT2D eigenvalue weighted by Crippen LogP contribution is 2.17. The Labute approximate surface area is 117 Å². The number of benzene rings is 2. The molecule has 2 aromatic carbocycles. The van der Waals surface area contributed by atoms with Gasteiger partial charge in [0.2, 0.25) is 0 Å². The summed E-state index contributed by atoms with van der Waals surface area (Å²) in [6, 6.07) is 14.2. The van der Waals surface area contributed by atoms with E-state index in [0.717, 1.165) is 5.56 Å². The first-order valence-electron chi connectivity index (χ1n) is 6.22. The van der Waals surface area contributed by atoms with Crippen LogP contribution in [0.15, 0.2) is 48.5 Å². The molecule has 0 aliphatic rings. The third kappa shape index (κ3) is 3.73. The number of amides is 2. The summed E-state index contributed by atoms with van der Waals surface area (Å²) in [5.41, 5.74) is 7.91. The second-order valence-corrected chi connectivity index (χ2v) is 4.21.